The number of nitrogens with two attached hydrogens (primary N) is 1. The lowest BCUT2D eigenvalue weighted by Crippen LogP contribution is -2.54. The van der Waals surface area contributed by atoms with E-state index in [0.717, 1.165) is 39.8 Å². The molecule has 4 aromatic rings. The zero-order valence-corrected chi connectivity index (χ0v) is 25.0. The maximum absolute atomic E-state index is 14.1. The van der Waals surface area contributed by atoms with Crippen LogP contribution in [0.15, 0.2) is 97.1 Å². The van der Waals surface area contributed by atoms with Gasteiger partial charge in [0.15, 0.2) is 11.6 Å². The molecule has 0 spiro atoms. The van der Waals surface area contributed by atoms with E-state index < -0.39 is 35.5 Å². The molecule has 0 heterocycles. The second kappa shape index (κ2) is 16.1. The lowest BCUT2D eigenvalue weighted by molar-refractivity contribution is -0.130. The summed E-state index contributed by atoms with van der Waals surface area (Å²) < 4.78 is 33.0. The van der Waals surface area contributed by atoms with Gasteiger partial charge in [-0.2, -0.15) is 0 Å². The highest BCUT2D eigenvalue weighted by atomic mass is 19.2. The number of carbonyl (C=O) groups is 3. The smallest absolute Gasteiger partial charge is 0.324 e. The minimum absolute atomic E-state index is 0.0241. The number of nitrogens with zero attached hydrogens (tertiary/aromatic N) is 1. The largest absolute Gasteiger partial charge is 0.494 e. The number of halogens is 2. The van der Waals surface area contributed by atoms with Gasteiger partial charge in [0.1, 0.15) is 11.8 Å². The second-order valence-electron chi connectivity index (χ2n) is 10.3. The minimum atomic E-state index is -1.21. The standard InChI is InChI=1S/C35H36F2N4O4/c1-2-45-29-15-12-25(13-16-29)20-32(40-33(42)28-14-17-30(36)31(37)21-28)34(43)41(19-18-24-6-4-3-5-7-24)35(44)39-23-27-10-8-26(22-38)9-11-27/h3-17,21,32H,2,18-20,22-23,38H2,1H3,(H,39,44)(H,40,42)/t32-/m1/s1. The molecule has 4 aromatic carbocycles. The van der Waals surface area contributed by atoms with Gasteiger partial charge in [-0.25, -0.2) is 13.6 Å². The van der Waals surface area contributed by atoms with Crippen molar-refractivity contribution in [2.75, 3.05) is 13.2 Å². The number of hydrogen-bond donors (Lipinski definition) is 3. The van der Waals surface area contributed by atoms with Crippen LogP contribution in [-0.2, 0) is 30.7 Å². The van der Waals surface area contributed by atoms with Gasteiger partial charge < -0.3 is 21.1 Å². The fourth-order valence-electron chi connectivity index (χ4n) is 4.65. The maximum Gasteiger partial charge on any atom is 0.324 e. The summed E-state index contributed by atoms with van der Waals surface area (Å²) in [5.41, 5.74) is 8.87. The Bertz CT molecular complexity index is 1580. The molecular formula is C35H36F2N4O4. The summed E-state index contributed by atoms with van der Waals surface area (Å²) in [5, 5.41) is 5.45. The topological polar surface area (TPSA) is 114 Å². The van der Waals surface area contributed by atoms with Crippen molar-refractivity contribution < 1.29 is 27.9 Å². The molecule has 4 amide bonds. The van der Waals surface area contributed by atoms with Gasteiger partial charge in [0, 0.05) is 31.6 Å². The Hall–Kier alpha value is -5.09. The third kappa shape index (κ3) is 9.45. The monoisotopic (exact) mass is 614 g/mol. The van der Waals surface area contributed by atoms with Crippen LogP contribution in [0.5, 0.6) is 5.75 Å². The number of hydrogen-bond acceptors (Lipinski definition) is 5. The van der Waals surface area contributed by atoms with E-state index in [-0.39, 0.29) is 25.1 Å². The molecule has 0 radical (unpaired) electrons. The van der Waals surface area contributed by atoms with Crippen LogP contribution in [0.3, 0.4) is 0 Å². The van der Waals surface area contributed by atoms with Gasteiger partial charge in [-0.1, -0.05) is 66.7 Å². The Balaban J connectivity index is 1.60. The molecule has 0 bridgehead atoms. The number of rotatable bonds is 13. The average Bonchev–Trinajstić information content (AvgIpc) is 3.06. The highest BCUT2D eigenvalue weighted by Crippen LogP contribution is 2.16. The zero-order valence-electron chi connectivity index (χ0n) is 25.0. The van der Waals surface area contributed by atoms with Crippen molar-refractivity contribution in [3.8, 4) is 5.75 Å². The first-order valence-electron chi connectivity index (χ1n) is 14.7. The molecule has 0 saturated carbocycles. The molecule has 234 valence electrons. The molecule has 0 unspecified atom stereocenters. The minimum Gasteiger partial charge on any atom is -0.494 e. The van der Waals surface area contributed by atoms with Crippen molar-refractivity contribution in [1.82, 2.24) is 15.5 Å². The summed E-state index contributed by atoms with van der Waals surface area (Å²) in [6.45, 7) is 2.92. The Morgan fingerprint density at radius 3 is 2.13 bits per heavy atom. The Morgan fingerprint density at radius 2 is 1.49 bits per heavy atom. The lowest BCUT2D eigenvalue weighted by Gasteiger charge is -2.27. The second-order valence-corrected chi connectivity index (χ2v) is 10.3. The molecule has 0 aliphatic rings. The normalized spacial score (nSPS) is 11.4. The zero-order chi connectivity index (χ0) is 32.2. The molecule has 0 fully saturated rings. The quantitative estimate of drug-likeness (QED) is 0.193. The van der Waals surface area contributed by atoms with E-state index in [2.05, 4.69) is 10.6 Å². The van der Waals surface area contributed by atoms with Crippen LogP contribution in [0.2, 0.25) is 0 Å². The number of carbonyl (C=O) groups excluding carboxylic acids is 3. The molecule has 4 rings (SSSR count). The molecule has 0 aromatic heterocycles. The van der Waals surface area contributed by atoms with Crippen LogP contribution in [0.4, 0.5) is 13.6 Å². The van der Waals surface area contributed by atoms with Crippen molar-refractivity contribution >= 4 is 17.8 Å². The third-order valence-electron chi connectivity index (χ3n) is 7.14. The number of nitrogens with one attached hydrogen (secondary N) is 2. The molecule has 4 N–H and O–H groups in total. The van der Waals surface area contributed by atoms with E-state index >= 15 is 0 Å². The molecule has 10 heteroatoms. The molecule has 1 atom stereocenters. The number of benzene rings is 4. The van der Waals surface area contributed by atoms with E-state index in [1.807, 2.05) is 61.5 Å². The van der Waals surface area contributed by atoms with E-state index in [4.69, 9.17) is 10.5 Å². The Morgan fingerprint density at radius 1 is 0.822 bits per heavy atom. The summed E-state index contributed by atoms with van der Waals surface area (Å²) in [4.78, 5) is 42.0. The highest BCUT2D eigenvalue weighted by molar-refractivity contribution is 6.01. The van der Waals surface area contributed by atoms with Crippen molar-refractivity contribution in [3.05, 3.63) is 137 Å². The van der Waals surface area contributed by atoms with E-state index in [0.29, 0.717) is 30.9 Å². The first-order valence-corrected chi connectivity index (χ1v) is 14.7. The summed E-state index contributed by atoms with van der Waals surface area (Å²) >= 11 is 0. The first kappa shape index (κ1) is 32.8. The summed E-state index contributed by atoms with van der Waals surface area (Å²) in [5.74, 6) is -3.11. The Labute approximate surface area is 261 Å². The van der Waals surface area contributed by atoms with Gasteiger partial charge >= 0.3 is 6.03 Å². The molecule has 45 heavy (non-hydrogen) atoms. The van der Waals surface area contributed by atoms with Crippen molar-refractivity contribution in [1.29, 1.82) is 0 Å². The number of urea groups is 1. The summed E-state index contributed by atoms with van der Waals surface area (Å²) in [6.07, 6.45) is 0.397. The third-order valence-corrected chi connectivity index (χ3v) is 7.14. The SMILES string of the molecule is CCOc1ccc(C[C@@H](NC(=O)c2ccc(F)c(F)c2)C(=O)N(CCc2ccccc2)C(=O)NCc2ccc(CN)cc2)cc1. The van der Waals surface area contributed by atoms with Gasteiger partial charge in [0.05, 0.1) is 6.61 Å². The van der Waals surface area contributed by atoms with Gasteiger partial charge in [-0.3, -0.25) is 14.5 Å². The highest BCUT2D eigenvalue weighted by Gasteiger charge is 2.31. The van der Waals surface area contributed by atoms with Crippen molar-refractivity contribution in [2.45, 2.75) is 38.9 Å². The van der Waals surface area contributed by atoms with Crippen LogP contribution in [0, 0.1) is 11.6 Å². The van der Waals surface area contributed by atoms with Crippen LogP contribution >= 0.6 is 0 Å². The number of ether oxygens (including phenoxy) is 1. The average molecular weight is 615 g/mol. The van der Waals surface area contributed by atoms with E-state index in [1.54, 1.807) is 24.3 Å². The molecular weight excluding hydrogens is 578 g/mol. The first-order chi connectivity index (χ1) is 21.8. The van der Waals surface area contributed by atoms with Crippen molar-refractivity contribution in [3.63, 3.8) is 0 Å². The molecule has 0 aliphatic carbocycles. The van der Waals surface area contributed by atoms with Gasteiger partial charge in [0.2, 0.25) is 0 Å². The van der Waals surface area contributed by atoms with Gasteiger partial charge in [0.25, 0.3) is 11.8 Å². The van der Waals surface area contributed by atoms with E-state index in [1.165, 1.54) is 0 Å². The van der Waals surface area contributed by atoms with Crippen molar-refractivity contribution in [2.24, 2.45) is 5.73 Å². The lowest BCUT2D eigenvalue weighted by atomic mass is 10.0. The molecule has 8 nitrogen and oxygen atoms in total. The summed E-state index contributed by atoms with van der Waals surface area (Å²) in [6, 6.07) is 24.7. The number of imide groups is 1. The fraction of sp³-hybridized carbons (Fsp3) is 0.229. The Kier molecular flexibility index (Phi) is 11.8. The number of amides is 4. The van der Waals surface area contributed by atoms with Crippen LogP contribution < -0.4 is 21.1 Å². The van der Waals surface area contributed by atoms with Gasteiger partial charge in [-0.05, 0) is 65.9 Å². The predicted molar refractivity (Wildman–Crippen MR) is 167 cm³/mol. The van der Waals surface area contributed by atoms with Crippen LogP contribution in [-0.4, -0.2) is 41.9 Å². The predicted octanol–water partition coefficient (Wildman–Crippen LogP) is 5.14. The molecule has 0 aliphatic heterocycles. The van der Waals surface area contributed by atoms with E-state index in [9.17, 15) is 23.2 Å². The fourth-order valence-corrected chi connectivity index (χ4v) is 4.65. The van der Waals surface area contributed by atoms with Crippen LogP contribution in [0.1, 0.15) is 39.5 Å². The van der Waals surface area contributed by atoms with Crippen LogP contribution in [0.25, 0.3) is 0 Å². The van der Waals surface area contributed by atoms with Gasteiger partial charge in [-0.15, -0.1) is 0 Å². The molecule has 0 saturated heterocycles. The maximum atomic E-state index is 14.1. The summed E-state index contributed by atoms with van der Waals surface area (Å²) in [7, 11) is 0.